The number of methoxy groups -OCH3 is 1. The lowest BCUT2D eigenvalue weighted by Crippen LogP contribution is -2.24. The summed E-state index contributed by atoms with van der Waals surface area (Å²) in [7, 11) is 1.46. The fourth-order valence-electron chi connectivity index (χ4n) is 1.58. The summed E-state index contributed by atoms with van der Waals surface area (Å²) in [6, 6.07) is 0. The van der Waals surface area contributed by atoms with Crippen LogP contribution in [0.2, 0.25) is 0 Å². The Hall–Kier alpha value is -0.490. The quantitative estimate of drug-likeness (QED) is 0.607. The van der Waals surface area contributed by atoms with Crippen LogP contribution in [0.4, 0.5) is 0 Å². The van der Waals surface area contributed by atoms with Gasteiger partial charge in [-0.05, 0) is 0 Å². The van der Waals surface area contributed by atoms with Gasteiger partial charge in [0.2, 0.25) is 0 Å². The molecule has 0 spiro atoms. The van der Waals surface area contributed by atoms with Crippen LogP contribution >= 0.6 is 0 Å². The highest BCUT2D eigenvalue weighted by atomic mass is 16.5. The third-order valence-corrected chi connectivity index (χ3v) is 2.24. The van der Waals surface area contributed by atoms with Gasteiger partial charge in [-0.25, -0.2) is 0 Å². The molecule has 14 heavy (non-hydrogen) atoms. The molecule has 0 aromatic carbocycles. The first-order valence-electron chi connectivity index (χ1n) is 4.62. The average molecular weight is 204 g/mol. The molecule has 2 N–H and O–H groups in total. The fourth-order valence-corrected chi connectivity index (χ4v) is 1.58. The summed E-state index contributed by atoms with van der Waals surface area (Å²) in [5.41, 5.74) is 0. The lowest BCUT2D eigenvalue weighted by Gasteiger charge is -2.11. The molecule has 0 amide bonds. The molecule has 1 saturated heterocycles. The van der Waals surface area contributed by atoms with Crippen LogP contribution in [0.1, 0.15) is 12.8 Å². The van der Waals surface area contributed by atoms with Crippen LogP contribution in [0.3, 0.4) is 0 Å². The van der Waals surface area contributed by atoms with E-state index < -0.39 is 12.2 Å². The minimum Gasteiger partial charge on any atom is -0.394 e. The zero-order valence-corrected chi connectivity index (χ0v) is 8.18. The Bertz CT molecular complexity index is 194. The van der Waals surface area contributed by atoms with Crippen LogP contribution in [-0.4, -0.2) is 54.6 Å². The van der Waals surface area contributed by atoms with Crippen LogP contribution < -0.4 is 0 Å². The number of ketones is 1. The predicted octanol–water partition coefficient (Wildman–Crippen LogP) is -0.897. The molecular weight excluding hydrogens is 188 g/mol. The van der Waals surface area contributed by atoms with Crippen molar-refractivity contribution in [2.45, 2.75) is 31.2 Å². The molecule has 1 aliphatic heterocycles. The van der Waals surface area contributed by atoms with Gasteiger partial charge in [0.05, 0.1) is 18.8 Å². The van der Waals surface area contributed by atoms with E-state index in [9.17, 15) is 9.90 Å². The number of carbonyl (C=O) groups excluding carboxylic acids is 1. The van der Waals surface area contributed by atoms with E-state index in [0.29, 0.717) is 6.42 Å². The molecule has 0 radical (unpaired) electrons. The van der Waals surface area contributed by atoms with Gasteiger partial charge in [0.1, 0.15) is 12.7 Å². The molecule has 5 nitrogen and oxygen atoms in total. The van der Waals surface area contributed by atoms with Crippen molar-refractivity contribution in [2.75, 3.05) is 20.3 Å². The van der Waals surface area contributed by atoms with Gasteiger partial charge in [0.25, 0.3) is 0 Å². The summed E-state index contributed by atoms with van der Waals surface area (Å²) in [5, 5.41) is 18.2. The van der Waals surface area contributed by atoms with Crippen molar-refractivity contribution in [1.82, 2.24) is 0 Å². The summed E-state index contributed by atoms with van der Waals surface area (Å²) in [4.78, 5) is 11.2. The predicted molar refractivity (Wildman–Crippen MR) is 47.9 cm³/mol. The standard InChI is InChI=1S/C9H16O5/c1-13-5-6(11)2-7-3-8(12)9(4-10)14-7/h7-10,12H,2-5H2,1H3/t7-,8-,9+/m0/s1. The highest BCUT2D eigenvalue weighted by molar-refractivity contribution is 5.80. The number of hydrogen-bond donors (Lipinski definition) is 2. The second-order valence-corrected chi connectivity index (χ2v) is 3.46. The summed E-state index contributed by atoms with van der Waals surface area (Å²) in [6.45, 7) is -0.143. The van der Waals surface area contributed by atoms with Gasteiger partial charge in [0.15, 0.2) is 5.78 Å². The van der Waals surface area contributed by atoms with Crippen molar-refractivity contribution in [1.29, 1.82) is 0 Å². The van der Waals surface area contributed by atoms with E-state index in [1.54, 1.807) is 0 Å². The molecule has 0 saturated carbocycles. The number of ether oxygens (including phenoxy) is 2. The molecular formula is C9H16O5. The van der Waals surface area contributed by atoms with Crippen LogP contribution in [0, 0.1) is 0 Å². The van der Waals surface area contributed by atoms with E-state index >= 15 is 0 Å². The Morgan fingerprint density at radius 2 is 2.36 bits per heavy atom. The SMILES string of the molecule is COCC(=O)C[C@H]1C[C@H](O)[C@@H](CO)O1. The molecule has 5 heteroatoms. The second kappa shape index (κ2) is 5.41. The van der Waals surface area contributed by atoms with Crippen LogP contribution in [0.15, 0.2) is 0 Å². The lowest BCUT2D eigenvalue weighted by molar-refractivity contribution is -0.125. The third-order valence-electron chi connectivity index (χ3n) is 2.24. The first-order chi connectivity index (χ1) is 6.67. The van der Waals surface area contributed by atoms with E-state index in [1.165, 1.54) is 7.11 Å². The molecule has 1 heterocycles. The Kier molecular flexibility index (Phi) is 4.47. The highest BCUT2D eigenvalue weighted by Crippen LogP contribution is 2.22. The molecule has 1 fully saturated rings. The monoisotopic (exact) mass is 204 g/mol. The summed E-state index contributed by atoms with van der Waals surface area (Å²) in [5.74, 6) is -0.0525. The Labute approximate surface area is 82.6 Å². The van der Waals surface area contributed by atoms with Gasteiger partial charge < -0.3 is 19.7 Å². The number of Topliss-reactive ketones (excluding diaryl/α,β-unsaturated/α-hetero) is 1. The molecule has 0 unspecified atom stereocenters. The van der Waals surface area contributed by atoms with Gasteiger partial charge in [-0.2, -0.15) is 0 Å². The minimum atomic E-state index is -0.666. The number of rotatable bonds is 5. The van der Waals surface area contributed by atoms with E-state index in [-0.39, 0.29) is 31.5 Å². The molecule has 82 valence electrons. The van der Waals surface area contributed by atoms with Gasteiger partial charge in [-0.15, -0.1) is 0 Å². The lowest BCUT2D eigenvalue weighted by atomic mass is 10.1. The average Bonchev–Trinajstić information content (AvgIpc) is 2.46. The molecule has 0 bridgehead atoms. The van der Waals surface area contributed by atoms with Crippen LogP contribution in [0.5, 0.6) is 0 Å². The van der Waals surface area contributed by atoms with Crippen molar-refractivity contribution in [3.63, 3.8) is 0 Å². The van der Waals surface area contributed by atoms with Crippen molar-refractivity contribution in [3.05, 3.63) is 0 Å². The zero-order chi connectivity index (χ0) is 10.6. The summed E-state index contributed by atoms with van der Waals surface area (Å²) < 4.78 is 9.94. The summed E-state index contributed by atoms with van der Waals surface area (Å²) >= 11 is 0. The molecule has 1 aliphatic rings. The Balaban J connectivity index is 2.31. The fraction of sp³-hybridized carbons (Fsp3) is 0.889. The number of hydrogen-bond acceptors (Lipinski definition) is 5. The van der Waals surface area contributed by atoms with E-state index in [0.717, 1.165) is 0 Å². The van der Waals surface area contributed by atoms with Crippen molar-refractivity contribution in [2.24, 2.45) is 0 Å². The normalized spacial score (nSPS) is 32.1. The van der Waals surface area contributed by atoms with Gasteiger partial charge in [-0.3, -0.25) is 4.79 Å². The number of aliphatic hydroxyl groups excluding tert-OH is 2. The maximum absolute atomic E-state index is 11.2. The maximum atomic E-state index is 11.2. The largest absolute Gasteiger partial charge is 0.394 e. The third kappa shape index (κ3) is 3.02. The highest BCUT2D eigenvalue weighted by Gasteiger charge is 2.34. The van der Waals surface area contributed by atoms with E-state index in [4.69, 9.17) is 9.84 Å². The Morgan fingerprint density at radius 1 is 1.64 bits per heavy atom. The van der Waals surface area contributed by atoms with Gasteiger partial charge in [0, 0.05) is 20.0 Å². The molecule has 3 atom stereocenters. The molecule has 0 aromatic heterocycles. The second-order valence-electron chi connectivity index (χ2n) is 3.46. The zero-order valence-electron chi connectivity index (χ0n) is 8.18. The molecule has 0 aliphatic carbocycles. The van der Waals surface area contributed by atoms with Crippen molar-refractivity contribution in [3.8, 4) is 0 Å². The van der Waals surface area contributed by atoms with Crippen LogP contribution in [-0.2, 0) is 14.3 Å². The van der Waals surface area contributed by atoms with Crippen molar-refractivity contribution < 1.29 is 24.5 Å². The van der Waals surface area contributed by atoms with Crippen LogP contribution in [0.25, 0.3) is 0 Å². The maximum Gasteiger partial charge on any atom is 0.161 e. The smallest absolute Gasteiger partial charge is 0.161 e. The van der Waals surface area contributed by atoms with E-state index in [1.807, 2.05) is 0 Å². The summed E-state index contributed by atoms with van der Waals surface area (Å²) in [6.07, 6.45) is -0.859. The van der Waals surface area contributed by atoms with Gasteiger partial charge >= 0.3 is 0 Å². The number of carbonyl (C=O) groups is 1. The van der Waals surface area contributed by atoms with E-state index in [2.05, 4.69) is 4.74 Å². The van der Waals surface area contributed by atoms with Crippen molar-refractivity contribution >= 4 is 5.78 Å². The Morgan fingerprint density at radius 3 is 2.86 bits per heavy atom. The molecule has 1 rings (SSSR count). The minimum absolute atomic E-state index is 0.0525. The number of aliphatic hydroxyl groups is 2. The topological polar surface area (TPSA) is 76.0 Å². The first-order valence-corrected chi connectivity index (χ1v) is 4.62. The van der Waals surface area contributed by atoms with Gasteiger partial charge in [-0.1, -0.05) is 0 Å². The first kappa shape index (κ1) is 11.6. The molecule has 0 aromatic rings.